The molecule has 0 amide bonds. The zero-order valence-electron chi connectivity index (χ0n) is 14.8. The summed E-state index contributed by atoms with van der Waals surface area (Å²) in [6.45, 7) is 4.83. The smallest absolute Gasteiger partial charge is 0.231 e. The van der Waals surface area contributed by atoms with Gasteiger partial charge in [0.05, 0.1) is 7.11 Å². The largest absolute Gasteiger partial charge is 0.493 e. The van der Waals surface area contributed by atoms with Crippen LogP contribution in [0.25, 0.3) is 0 Å². The highest BCUT2D eigenvalue weighted by atomic mass is 16.7. The number of ether oxygens (including phenoxy) is 3. The summed E-state index contributed by atoms with van der Waals surface area (Å²) in [5, 5.41) is 9.44. The monoisotopic (exact) mass is 343 g/mol. The Morgan fingerprint density at radius 1 is 1.12 bits per heavy atom. The molecule has 1 atom stereocenters. The van der Waals surface area contributed by atoms with Crippen LogP contribution in [-0.4, -0.2) is 37.1 Å². The third kappa shape index (κ3) is 4.44. The Morgan fingerprint density at radius 3 is 2.60 bits per heavy atom. The molecular formula is C20H25NO4. The molecule has 0 fully saturated rings. The van der Waals surface area contributed by atoms with Crippen LogP contribution in [0.5, 0.6) is 17.2 Å². The van der Waals surface area contributed by atoms with E-state index >= 15 is 0 Å². The lowest BCUT2D eigenvalue weighted by molar-refractivity contribution is 0.163. The maximum Gasteiger partial charge on any atom is 0.231 e. The topological polar surface area (TPSA) is 51.2 Å². The molecule has 3 rings (SSSR count). The van der Waals surface area contributed by atoms with Crippen LogP contribution < -0.4 is 14.2 Å². The normalized spacial score (nSPS) is 13.9. The number of hydrogen-bond acceptors (Lipinski definition) is 5. The standard InChI is InChI=1S/C20H25NO4/c1-15(13-22)10-21(11-16-6-4-3-5-7-16)12-17-8-18(23-2)20-19(9-17)24-14-25-20/h3-9,15,22H,10-14H2,1-2H3/t15-/m0/s1. The Labute approximate surface area is 148 Å². The van der Waals surface area contributed by atoms with E-state index in [4.69, 9.17) is 14.2 Å². The van der Waals surface area contributed by atoms with Crippen molar-refractivity contribution in [1.82, 2.24) is 4.90 Å². The van der Waals surface area contributed by atoms with E-state index in [1.165, 1.54) is 5.56 Å². The van der Waals surface area contributed by atoms with E-state index in [1.54, 1.807) is 7.11 Å². The summed E-state index contributed by atoms with van der Waals surface area (Å²) in [6.07, 6.45) is 0. The lowest BCUT2D eigenvalue weighted by Gasteiger charge is -2.25. The van der Waals surface area contributed by atoms with Gasteiger partial charge in [-0.05, 0) is 29.2 Å². The first-order chi connectivity index (χ1) is 12.2. The quantitative estimate of drug-likeness (QED) is 0.798. The third-order valence-electron chi connectivity index (χ3n) is 4.25. The maximum atomic E-state index is 9.44. The fourth-order valence-corrected chi connectivity index (χ4v) is 3.06. The minimum atomic E-state index is 0.176. The fraction of sp³-hybridized carbons (Fsp3) is 0.400. The van der Waals surface area contributed by atoms with Crippen molar-refractivity contribution < 1.29 is 19.3 Å². The van der Waals surface area contributed by atoms with Crippen LogP contribution in [0.4, 0.5) is 0 Å². The number of hydrogen-bond donors (Lipinski definition) is 1. The molecule has 0 unspecified atom stereocenters. The van der Waals surface area contributed by atoms with Crippen LogP contribution in [0.2, 0.25) is 0 Å². The second-order valence-electron chi connectivity index (χ2n) is 6.47. The predicted octanol–water partition coefficient (Wildman–Crippen LogP) is 3.05. The Kier molecular flexibility index (Phi) is 5.79. The molecule has 5 nitrogen and oxygen atoms in total. The summed E-state index contributed by atoms with van der Waals surface area (Å²) in [5.41, 5.74) is 2.35. The minimum absolute atomic E-state index is 0.176. The van der Waals surface area contributed by atoms with E-state index in [-0.39, 0.29) is 19.3 Å². The van der Waals surface area contributed by atoms with E-state index in [0.717, 1.165) is 30.9 Å². The van der Waals surface area contributed by atoms with Crippen molar-refractivity contribution in [2.45, 2.75) is 20.0 Å². The second-order valence-corrected chi connectivity index (χ2v) is 6.47. The molecule has 0 saturated carbocycles. The second kappa shape index (κ2) is 8.23. The first kappa shape index (κ1) is 17.6. The van der Waals surface area contributed by atoms with Gasteiger partial charge < -0.3 is 19.3 Å². The molecule has 1 aliphatic heterocycles. The minimum Gasteiger partial charge on any atom is -0.493 e. The number of methoxy groups -OCH3 is 1. The van der Waals surface area contributed by atoms with Crippen LogP contribution in [0.1, 0.15) is 18.1 Å². The van der Waals surface area contributed by atoms with Crippen LogP contribution >= 0.6 is 0 Å². The van der Waals surface area contributed by atoms with E-state index in [0.29, 0.717) is 11.5 Å². The van der Waals surface area contributed by atoms with E-state index < -0.39 is 0 Å². The highest BCUT2D eigenvalue weighted by Gasteiger charge is 2.21. The summed E-state index contributed by atoms with van der Waals surface area (Å²) >= 11 is 0. The van der Waals surface area contributed by atoms with Gasteiger partial charge in [-0.25, -0.2) is 0 Å². The molecule has 1 N–H and O–H groups in total. The molecule has 1 aliphatic rings. The SMILES string of the molecule is COc1cc(CN(Cc2ccccc2)C[C@H](C)CO)cc2c1OCO2. The zero-order valence-corrected chi connectivity index (χ0v) is 14.8. The Hall–Kier alpha value is -2.24. The van der Waals surface area contributed by atoms with Gasteiger partial charge in [-0.3, -0.25) is 4.90 Å². The third-order valence-corrected chi connectivity index (χ3v) is 4.25. The van der Waals surface area contributed by atoms with Crippen molar-refractivity contribution in [2.24, 2.45) is 5.92 Å². The van der Waals surface area contributed by atoms with E-state index in [9.17, 15) is 5.11 Å². The number of aliphatic hydroxyl groups is 1. The molecule has 0 saturated heterocycles. The van der Waals surface area contributed by atoms with Crippen molar-refractivity contribution >= 4 is 0 Å². The lowest BCUT2D eigenvalue weighted by atomic mass is 10.1. The summed E-state index contributed by atoms with van der Waals surface area (Å²) in [6, 6.07) is 14.4. The van der Waals surface area contributed by atoms with Crippen molar-refractivity contribution in [1.29, 1.82) is 0 Å². The van der Waals surface area contributed by atoms with Gasteiger partial charge in [0.15, 0.2) is 11.5 Å². The number of aliphatic hydroxyl groups excluding tert-OH is 1. The average Bonchev–Trinajstić information content (AvgIpc) is 3.10. The first-order valence-electron chi connectivity index (χ1n) is 8.53. The van der Waals surface area contributed by atoms with Crippen LogP contribution in [-0.2, 0) is 13.1 Å². The van der Waals surface area contributed by atoms with Gasteiger partial charge >= 0.3 is 0 Å². The van der Waals surface area contributed by atoms with Crippen LogP contribution in [0.15, 0.2) is 42.5 Å². The van der Waals surface area contributed by atoms with Gasteiger partial charge in [-0.15, -0.1) is 0 Å². The summed E-state index contributed by atoms with van der Waals surface area (Å²) in [4.78, 5) is 2.33. The molecule has 0 aliphatic carbocycles. The molecule has 2 aromatic carbocycles. The molecule has 0 radical (unpaired) electrons. The van der Waals surface area contributed by atoms with Gasteiger partial charge in [0, 0.05) is 26.2 Å². The molecular weight excluding hydrogens is 318 g/mol. The first-order valence-corrected chi connectivity index (χ1v) is 8.53. The summed E-state index contributed by atoms with van der Waals surface area (Å²) in [5.74, 6) is 2.30. The van der Waals surface area contributed by atoms with Crippen LogP contribution in [0, 0.1) is 5.92 Å². The predicted molar refractivity (Wildman–Crippen MR) is 95.9 cm³/mol. The maximum absolute atomic E-state index is 9.44. The molecule has 25 heavy (non-hydrogen) atoms. The van der Waals surface area contributed by atoms with Crippen LogP contribution in [0.3, 0.4) is 0 Å². The lowest BCUT2D eigenvalue weighted by Crippen LogP contribution is -2.29. The number of nitrogens with zero attached hydrogens (tertiary/aromatic N) is 1. The summed E-state index contributed by atoms with van der Waals surface area (Å²) in [7, 11) is 1.64. The van der Waals surface area contributed by atoms with Gasteiger partial charge in [0.2, 0.25) is 12.5 Å². The Balaban J connectivity index is 1.79. The Morgan fingerprint density at radius 2 is 1.88 bits per heavy atom. The van der Waals surface area contributed by atoms with E-state index in [2.05, 4.69) is 24.0 Å². The zero-order chi connectivity index (χ0) is 17.6. The average molecular weight is 343 g/mol. The number of rotatable bonds is 8. The fourth-order valence-electron chi connectivity index (χ4n) is 3.06. The molecule has 0 spiro atoms. The highest BCUT2D eigenvalue weighted by molar-refractivity contribution is 5.55. The molecule has 134 valence electrons. The summed E-state index contributed by atoms with van der Waals surface area (Å²) < 4.78 is 16.4. The van der Waals surface area contributed by atoms with Gasteiger partial charge in [-0.2, -0.15) is 0 Å². The molecule has 2 aromatic rings. The molecule has 0 aromatic heterocycles. The van der Waals surface area contributed by atoms with Crippen molar-refractivity contribution in [3.63, 3.8) is 0 Å². The number of fused-ring (bicyclic) bond motifs is 1. The van der Waals surface area contributed by atoms with Gasteiger partial charge in [-0.1, -0.05) is 37.3 Å². The molecule has 5 heteroatoms. The van der Waals surface area contributed by atoms with Crippen molar-refractivity contribution in [2.75, 3.05) is 27.1 Å². The van der Waals surface area contributed by atoms with Crippen molar-refractivity contribution in [3.8, 4) is 17.2 Å². The van der Waals surface area contributed by atoms with Gasteiger partial charge in [0.25, 0.3) is 0 Å². The molecule has 0 bridgehead atoms. The van der Waals surface area contributed by atoms with E-state index in [1.807, 2.05) is 30.3 Å². The van der Waals surface area contributed by atoms with Gasteiger partial charge in [0.1, 0.15) is 0 Å². The highest BCUT2D eigenvalue weighted by Crippen LogP contribution is 2.42. The molecule has 1 heterocycles. The number of benzene rings is 2. The van der Waals surface area contributed by atoms with Crippen molar-refractivity contribution in [3.05, 3.63) is 53.6 Å². The Bertz CT molecular complexity index is 690.